The van der Waals surface area contributed by atoms with Crippen molar-refractivity contribution in [2.24, 2.45) is 5.73 Å². The lowest BCUT2D eigenvalue weighted by molar-refractivity contribution is 0.467. The van der Waals surface area contributed by atoms with E-state index >= 15 is 0 Å². The first kappa shape index (κ1) is 8.27. The number of oxazole rings is 1. The van der Waals surface area contributed by atoms with Gasteiger partial charge in [0.05, 0.1) is 5.69 Å². The predicted molar refractivity (Wildman–Crippen MR) is 43.1 cm³/mol. The third-order valence-electron chi connectivity index (χ3n) is 1.59. The van der Waals surface area contributed by atoms with Gasteiger partial charge in [-0.3, -0.25) is 0 Å². The standard InChI is InChI=1S/C8H14N2O/c1-3-4-8-10-7(5-9)6(2)11-8/h3-5,9H2,1-2H3. The van der Waals surface area contributed by atoms with Crippen molar-refractivity contribution in [3.8, 4) is 0 Å². The van der Waals surface area contributed by atoms with Gasteiger partial charge in [0, 0.05) is 13.0 Å². The maximum Gasteiger partial charge on any atom is 0.194 e. The van der Waals surface area contributed by atoms with Crippen LogP contribution in [-0.2, 0) is 13.0 Å². The topological polar surface area (TPSA) is 52.0 Å². The van der Waals surface area contributed by atoms with Crippen LogP contribution in [0.25, 0.3) is 0 Å². The monoisotopic (exact) mass is 154 g/mol. The van der Waals surface area contributed by atoms with Crippen molar-refractivity contribution in [1.82, 2.24) is 4.98 Å². The van der Waals surface area contributed by atoms with Gasteiger partial charge in [0.2, 0.25) is 0 Å². The average Bonchev–Trinajstić information content (AvgIpc) is 2.32. The van der Waals surface area contributed by atoms with E-state index in [1.165, 1.54) is 0 Å². The van der Waals surface area contributed by atoms with Crippen LogP contribution in [0.3, 0.4) is 0 Å². The van der Waals surface area contributed by atoms with Crippen LogP contribution >= 0.6 is 0 Å². The zero-order chi connectivity index (χ0) is 8.27. The molecule has 0 aliphatic heterocycles. The first-order valence-corrected chi connectivity index (χ1v) is 3.93. The molecule has 0 radical (unpaired) electrons. The Kier molecular flexibility index (Phi) is 2.65. The van der Waals surface area contributed by atoms with Gasteiger partial charge in [0.25, 0.3) is 0 Å². The van der Waals surface area contributed by atoms with Gasteiger partial charge in [-0.05, 0) is 13.3 Å². The van der Waals surface area contributed by atoms with Crippen LogP contribution in [0.4, 0.5) is 0 Å². The van der Waals surface area contributed by atoms with E-state index < -0.39 is 0 Å². The second kappa shape index (κ2) is 3.53. The molecule has 3 nitrogen and oxygen atoms in total. The van der Waals surface area contributed by atoms with Crippen LogP contribution in [0.5, 0.6) is 0 Å². The summed E-state index contributed by atoms with van der Waals surface area (Å²) in [5, 5.41) is 0. The lowest BCUT2D eigenvalue weighted by atomic mass is 10.3. The predicted octanol–water partition coefficient (Wildman–Crippen LogP) is 1.39. The molecule has 0 saturated carbocycles. The Morgan fingerprint density at radius 2 is 2.27 bits per heavy atom. The molecule has 0 unspecified atom stereocenters. The van der Waals surface area contributed by atoms with Crippen molar-refractivity contribution in [1.29, 1.82) is 0 Å². The van der Waals surface area contributed by atoms with Crippen LogP contribution in [0, 0.1) is 6.92 Å². The molecule has 0 aromatic carbocycles. The summed E-state index contributed by atoms with van der Waals surface area (Å²) < 4.78 is 5.35. The van der Waals surface area contributed by atoms with Crippen molar-refractivity contribution in [2.75, 3.05) is 0 Å². The quantitative estimate of drug-likeness (QED) is 0.715. The summed E-state index contributed by atoms with van der Waals surface area (Å²) in [4.78, 5) is 4.23. The number of hydrogen-bond acceptors (Lipinski definition) is 3. The molecular formula is C8H14N2O. The van der Waals surface area contributed by atoms with E-state index in [9.17, 15) is 0 Å². The third kappa shape index (κ3) is 1.80. The summed E-state index contributed by atoms with van der Waals surface area (Å²) in [5.74, 6) is 1.67. The van der Waals surface area contributed by atoms with Crippen molar-refractivity contribution in [2.45, 2.75) is 33.2 Å². The second-order valence-corrected chi connectivity index (χ2v) is 2.56. The highest BCUT2D eigenvalue weighted by Crippen LogP contribution is 2.10. The molecule has 11 heavy (non-hydrogen) atoms. The molecule has 0 aliphatic carbocycles. The normalized spacial score (nSPS) is 10.5. The van der Waals surface area contributed by atoms with E-state index in [-0.39, 0.29) is 0 Å². The molecule has 1 aromatic heterocycles. The SMILES string of the molecule is CCCc1nc(CN)c(C)o1. The van der Waals surface area contributed by atoms with E-state index in [0.717, 1.165) is 30.2 Å². The van der Waals surface area contributed by atoms with E-state index in [4.69, 9.17) is 10.2 Å². The zero-order valence-corrected chi connectivity index (χ0v) is 7.05. The van der Waals surface area contributed by atoms with E-state index in [1.807, 2.05) is 6.92 Å². The van der Waals surface area contributed by atoms with Gasteiger partial charge in [-0.1, -0.05) is 6.92 Å². The summed E-state index contributed by atoms with van der Waals surface area (Å²) in [7, 11) is 0. The van der Waals surface area contributed by atoms with Gasteiger partial charge in [0.1, 0.15) is 5.76 Å². The van der Waals surface area contributed by atoms with Gasteiger partial charge < -0.3 is 10.2 Å². The highest BCUT2D eigenvalue weighted by atomic mass is 16.4. The first-order valence-electron chi connectivity index (χ1n) is 3.93. The molecule has 1 heterocycles. The van der Waals surface area contributed by atoms with Crippen LogP contribution in [0.15, 0.2) is 4.42 Å². The number of hydrogen-bond donors (Lipinski definition) is 1. The van der Waals surface area contributed by atoms with Crippen LogP contribution in [0.2, 0.25) is 0 Å². The molecule has 1 rings (SSSR count). The Morgan fingerprint density at radius 3 is 2.73 bits per heavy atom. The van der Waals surface area contributed by atoms with Gasteiger partial charge in [0.15, 0.2) is 5.89 Å². The Labute approximate surface area is 66.6 Å². The van der Waals surface area contributed by atoms with Crippen LogP contribution < -0.4 is 5.73 Å². The average molecular weight is 154 g/mol. The number of aryl methyl sites for hydroxylation is 2. The highest BCUT2D eigenvalue weighted by molar-refractivity contribution is 5.07. The Hall–Kier alpha value is -0.830. The van der Waals surface area contributed by atoms with Gasteiger partial charge in [-0.2, -0.15) is 0 Å². The summed E-state index contributed by atoms with van der Waals surface area (Å²) in [6, 6.07) is 0. The fraction of sp³-hybridized carbons (Fsp3) is 0.625. The lowest BCUT2D eigenvalue weighted by Crippen LogP contribution is -1.98. The molecule has 0 fully saturated rings. The number of rotatable bonds is 3. The summed E-state index contributed by atoms with van der Waals surface area (Å²) in [5.41, 5.74) is 6.32. The largest absolute Gasteiger partial charge is 0.446 e. The van der Waals surface area contributed by atoms with Crippen molar-refractivity contribution in [3.05, 3.63) is 17.3 Å². The van der Waals surface area contributed by atoms with E-state index in [1.54, 1.807) is 0 Å². The first-order chi connectivity index (χ1) is 5.27. The summed E-state index contributed by atoms with van der Waals surface area (Å²) in [6.07, 6.45) is 1.96. The Balaban J connectivity index is 2.77. The van der Waals surface area contributed by atoms with Crippen LogP contribution in [0.1, 0.15) is 30.7 Å². The maximum atomic E-state index is 5.44. The molecule has 2 N–H and O–H groups in total. The second-order valence-electron chi connectivity index (χ2n) is 2.56. The molecular weight excluding hydrogens is 140 g/mol. The highest BCUT2D eigenvalue weighted by Gasteiger charge is 2.05. The van der Waals surface area contributed by atoms with Gasteiger partial charge in [-0.15, -0.1) is 0 Å². The minimum absolute atomic E-state index is 0.471. The molecule has 0 spiro atoms. The van der Waals surface area contributed by atoms with Crippen molar-refractivity contribution >= 4 is 0 Å². The molecule has 0 atom stereocenters. The smallest absolute Gasteiger partial charge is 0.194 e. The summed E-state index contributed by atoms with van der Waals surface area (Å²) in [6.45, 7) is 4.47. The number of aromatic nitrogens is 1. The van der Waals surface area contributed by atoms with E-state index in [0.29, 0.717) is 6.54 Å². The number of nitrogens with two attached hydrogens (primary N) is 1. The molecule has 3 heteroatoms. The number of nitrogens with zero attached hydrogens (tertiary/aromatic N) is 1. The Morgan fingerprint density at radius 1 is 1.55 bits per heavy atom. The summed E-state index contributed by atoms with van der Waals surface area (Å²) >= 11 is 0. The fourth-order valence-electron chi connectivity index (χ4n) is 0.998. The van der Waals surface area contributed by atoms with E-state index in [2.05, 4.69) is 11.9 Å². The molecule has 0 amide bonds. The molecule has 1 aromatic rings. The molecule has 0 aliphatic rings. The molecule has 62 valence electrons. The fourth-order valence-corrected chi connectivity index (χ4v) is 0.998. The van der Waals surface area contributed by atoms with Gasteiger partial charge >= 0.3 is 0 Å². The van der Waals surface area contributed by atoms with Gasteiger partial charge in [-0.25, -0.2) is 4.98 Å². The molecule has 0 bridgehead atoms. The van der Waals surface area contributed by atoms with Crippen molar-refractivity contribution < 1.29 is 4.42 Å². The van der Waals surface area contributed by atoms with Crippen LogP contribution in [-0.4, -0.2) is 4.98 Å². The Bertz CT molecular complexity index is 230. The minimum atomic E-state index is 0.471. The molecule has 0 saturated heterocycles. The van der Waals surface area contributed by atoms with Crippen molar-refractivity contribution in [3.63, 3.8) is 0 Å². The maximum absolute atomic E-state index is 5.44. The minimum Gasteiger partial charge on any atom is -0.446 e. The lowest BCUT2D eigenvalue weighted by Gasteiger charge is -1.85. The zero-order valence-electron chi connectivity index (χ0n) is 7.05. The third-order valence-corrected chi connectivity index (χ3v) is 1.59.